The van der Waals surface area contributed by atoms with E-state index in [1.807, 2.05) is 39.0 Å². The van der Waals surface area contributed by atoms with Crippen molar-refractivity contribution in [1.29, 1.82) is 0 Å². The van der Waals surface area contributed by atoms with Crippen LogP contribution < -0.4 is 5.73 Å². The van der Waals surface area contributed by atoms with Gasteiger partial charge < -0.3 is 15.8 Å². The van der Waals surface area contributed by atoms with Crippen molar-refractivity contribution in [2.24, 2.45) is 16.8 Å². The first-order chi connectivity index (χ1) is 9.35. The molecule has 1 aromatic carbocycles. The van der Waals surface area contributed by atoms with Gasteiger partial charge in [-0.3, -0.25) is 4.79 Å². The zero-order chi connectivity index (χ0) is 15.3. The molecule has 0 radical (unpaired) electrons. The fourth-order valence-corrected chi connectivity index (χ4v) is 1.93. The van der Waals surface area contributed by atoms with E-state index in [0.717, 1.165) is 5.56 Å². The second-order valence-electron chi connectivity index (χ2n) is 5.30. The molecule has 1 aromatic rings. The monoisotopic (exact) mass is 277 g/mol. The molecule has 0 aromatic heterocycles. The molecule has 0 saturated carbocycles. The Morgan fingerprint density at radius 1 is 1.40 bits per heavy atom. The molecule has 0 aliphatic rings. The molecule has 1 atom stereocenters. The molecule has 0 fully saturated rings. The first kappa shape index (κ1) is 16.0. The molecule has 1 rings (SSSR count). The molecule has 1 amide bonds. The summed E-state index contributed by atoms with van der Waals surface area (Å²) in [6.45, 7) is 6.33. The predicted molar refractivity (Wildman–Crippen MR) is 79.8 cm³/mol. The maximum absolute atomic E-state index is 12.1. The Morgan fingerprint density at radius 3 is 2.60 bits per heavy atom. The zero-order valence-corrected chi connectivity index (χ0v) is 12.6. The van der Waals surface area contributed by atoms with Crippen LogP contribution >= 0.6 is 0 Å². The highest BCUT2D eigenvalue weighted by Gasteiger charge is 2.15. The molecule has 1 unspecified atom stereocenters. The summed E-state index contributed by atoms with van der Waals surface area (Å²) >= 11 is 0. The number of carbonyl (C=O) groups excluding carboxylic acids is 1. The number of aryl methyl sites for hydroxylation is 2. The molecule has 20 heavy (non-hydrogen) atoms. The lowest BCUT2D eigenvalue weighted by Gasteiger charge is -2.21. The van der Waals surface area contributed by atoms with Gasteiger partial charge in [-0.2, -0.15) is 0 Å². The molecular formula is C15H23N3O2. The summed E-state index contributed by atoms with van der Waals surface area (Å²) in [6, 6.07) is 6.03. The Balaban J connectivity index is 2.64. The van der Waals surface area contributed by atoms with Crippen LogP contribution in [0.3, 0.4) is 0 Å². The summed E-state index contributed by atoms with van der Waals surface area (Å²) in [4.78, 5) is 13.7. The minimum Gasteiger partial charge on any atom is -0.409 e. The quantitative estimate of drug-likeness (QED) is 0.372. The summed E-state index contributed by atoms with van der Waals surface area (Å²) < 4.78 is 0. The first-order valence-corrected chi connectivity index (χ1v) is 6.62. The van der Waals surface area contributed by atoms with Crippen molar-refractivity contribution in [3.05, 3.63) is 34.9 Å². The van der Waals surface area contributed by atoms with Crippen LogP contribution in [0.15, 0.2) is 23.4 Å². The first-order valence-electron chi connectivity index (χ1n) is 6.62. The molecule has 5 heteroatoms. The van der Waals surface area contributed by atoms with Crippen molar-refractivity contribution < 1.29 is 10.0 Å². The number of amidine groups is 1. The molecule has 3 N–H and O–H groups in total. The third-order valence-electron chi connectivity index (χ3n) is 3.52. The smallest absolute Gasteiger partial charge is 0.226 e. The second-order valence-corrected chi connectivity index (χ2v) is 5.30. The van der Waals surface area contributed by atoms with Crippen LogP contribution in [-0.4, -0.2) is 35.4 Å². The number of nitrogens with two attached hydrogens (primary N) is 1. The van der Waals surface area contributed by atoms with E-state index in [9.17, 15) is 4.79 Å². The van der Waals surface area contributed by atoms with E-state index in [0.29, 0.717) is 13.0 Å². The van der Waals surface area contributed by atoms with Crippen molar-refractivity contribution in [1.82, 2.24) is 4.90 Å². The number of rotatable bonds is 5. The Labute approximate surface area is 120 Å². The van der Waals surface area contributed by atoms with Crippen LogP contribution in [0.4, 0.5) is 0 Å². The molecule has 0 aliphatic carbocycles. The van der Waals surface area contributed by atoms with Gasteiger partial charge >= 0.3 is 0 Å². The van der Waals surface area contributed by atoms with E-state index in [1.165, 1.54) is 11.1 Å². The lowest BCUT2D eigenvalue weighted by atomic mass is 10.0. The van der Waals surface area contributed by atoms with Crippen LogP contribution in [0.25, 0.3) is 0 Å². The third-order valence-corrected chi connectivity index (χ3v) is 3.52. The van der Waals surface area contributed by atoms with E-state index in [1.54, 1.807) is 11.9 Å². The van der Waals surface area contributed by atoms with Gasteiger partial charge in [0.15, 0.2) is 0 Å². The average Bonchev–Trinajstić information content (AvgIpc) is 2.41. The number of hydrogen-bond donors (Lipinski definition) is 2. The van der Waals surface area contributed by atoms with Gasteiger partial charge in [0.25, 0.3) is 0 Å². The van der Waals surface area contributed by atoms with Crippen LogP contribution in [-0.2, 0) is 11.2 Å². The SMILES string of the molecule is Cc1ccc(CC(=O)N(C)CC(C)C(N)=NO)cc1C. The van der Waals surface area contributed by atoms with Crippen molar-refractivity contribution in [3.8, 4) is 0 Å². The Kier molecular flexibility index (Phi) is 5.55. The number of likely N-dealkylation sites (N-methyl/N-ethyl adjacent to an activating group) is 1. The molecule has 110 valence electrons. The molecule has 0 aliphatic heterocycles. The average molecular weight is 277 g/mol. The Morgan fingerprint density at radius 2 is 2.05 bits per heavy atom. The fraction of sp³-hybridized carbons (Fsp3) is 0.467. The molecule has 5 nitrogen and oxygen atoms in total. The Bertz CT molecular complexity index is 512. The summed E-state index contributed by atoms with van der Waals surface area (Å²) in [7, 11) is 1.73. The van der Waals surface area contributed by atoms with Gasteiger partial charge in [0.05, 0.1) is 6.42 Å². The number of benzene rings is 1. The van der Waals surface area contributed by atoms with E-state index in [2.05, 4.69) is 5.16 Å². The number of amides is 1. The summed E-state index contributed by atoms with van der Waals surface area (Å²) in [6.07, 6.45) is 0.362. The predicted octanol–water partition coefficient (Wildman–Crippen LogP) is 1.69. The number of nitrogens with zero attached hydrogens (tertiary/aromatic N) is 2. The topological polar surface area (TPSA) is 78.9 Å². The van der Waals surface area contributed by atoms with Gasteiger partial charge in [0.2, 0.25) is 5.91 Å². The van der Waals surface area contributed by atoms with Crippen molar-refractivity contribution in [3.63, 3.8) is 0 Å². The van der Waals surface area contributed by atoms with Gasteiger partial charge in [-0.15, -0.1) is 0 Å². The molecular weight excluding hydrogens is 254 g/mol. The van der Waals surface area contributed by atoms with E-state index >= 15 is 0 Å². The van der Waals surface area contributed by atoms with Crippen LogP contribution in [0.2, 0.25) is 0 Å². The lowest BCUT2D eigenvalue weighted by molar-refractivity contribution is -0.129. The molecule has 0 bridgehead atoms. The summed E-state index contributed by atoms with van der Waals surface area (Å²) in [5.41, 5.74) is 8.92. The molecule has 0 saturated heterocycles. The third kappa shape index (κ3) is 4.26. The highest BCUT2D eigenvalue weighted by Crippen LogP contribution is 2.11. The van der Waals surface area contributed by atoms with Gasteiger partial charge in [0, 0.05) is 19.5 Å². The lowest BCUT2D eigenvalue weighted by Crippen LogP contribution is -2.37. The largest absolute Gasteiger partial charge is 0.409 e. The molecule has 0 spiro atoms. The second kappa shape index (κ2) is 6.93. The fourth-order valence-electron chi connectivity index (χ4n) is 1.93. The normalized spacial score (nSPS) is 13.1. The van der Waals surface area contributed by atoms with Crippen molar-refractivity contribution in [2.45, 2.75) is 27.2 Å². The summed E-state index contributed by atoms with van der Waals surface area (Å²) in [5, 5.41) is 11.6. The van der Waals surface area contributed by atoms with Gasteiger partial charge in [0.1, 0.15) is 5.84 Å². The van der Waals surface area contributed by atoms with E-state index in [4.69, 9.17) is 10.9 Å². The van der Waals surface area contributed by atoms with Gasteiger partial charge in [-0.25, -0.2) is 0 Å². The van der Waals surface area contributed by atoms with Crippen LogP contribution in [0.1, 0.15) is 23.6 Å². The van der Waals surface area contributed by atoms with E-state index < -0.39 is 0 Å². The maximum Gasteiger partial charge on any atom is 0.226 e. The van der Waals surface area contributed by atoms with Crippen LogP contribution in [0, 0.1) is 19.8 Å². The van der Waals surface area contributed by atoms with E-state index in [-0.39, 0.29) is 17.7 Å². The number of oxime groups is 1. The van der Waals surface area contributed by atoms with Gasteiger partial charge in [-0.05, 0) is 30.5 Å². The number of carbonyl (C=O) groups is 1. The standard InChI is InChI=1S/C15H23N3O2/c1-10-5-6-13(7-11(10)2)8-14(19)18(4)9-12(3)15(16)17-20/h5-7,12,20H,8-9H2,1-4H3,(H2,16,17). The van der Waals surface area contributed by atoms with Gasteiger partial charge in [-0.1, -0.05) is 30.3 Å². The minimum atomic E-state index is -0.172. The van der Waals surface area contributed by atoms with Crippen molar-refractivity contribution >= 4 is 11.7 Å². The highest BCUT2D eigenvalue weighted by atomic mass is 16.4. The molecule has 0 heterocycles. The maximum atomic E-state index is 12.1. The Hall–Kier alpha value is -2.04. The highest BCUT2D eigenvalue weighted by molar-refractivity contribution is 5.83. The zero-order valence-electron chi connectivity index (χ0n) is 12.6. The van der Waals surface area contributed by atoms with Crippen LogP contribution in [0.5, 0.6) is 0 Å². The summed E-state index contributed by atoms with van der Waals surface area (Å²) in [5.74, 6) is -0.0182. The minimum absolute atomic E-state index is 0.0193. The number of hydrogen-bond acceptors (Lipinski definition) is 3. The van der Waals surface area contributed by atoms with Crippen molar-refractivity contribution in [2.75, 3.05) is 13.6 Å².